The minimum absolute atomic E-state index is 0.321. The van der Waals surface area contributed by atoms with Gasteiger partial charge in [0.25, 0.3) is 0 Å². The zero-order valence-electron chi connectivity index (χ0n) is 10.8. The van der Waals surface area contributed by atoms with Crippen LogP contribution in [0.3, 0.4) is 0 Å². The smallest absolute Gasteiger partial charge is 0.309 e. The molecule has 0 aliphatic rings. The van der Waals surface area contributed by atoms with E-state index in [-0.39, 0.29) is 6.04 Å². The van der Waals surface area contributed by atoms with Crippen LogP contribution in [0.1, 0.15) is 27.1 Å². The third-order valence-electron chi connectivity index (χ3n) is 2.87. The number of rotatable bonds is 3. The van der Waals surface area contributed by atoms with Crippen molar-refractivity contribution < 1.29 is 13.2 Å². The zero-order chi connectivity index (χ0) is 14.9. The minimum Gasteiger partial charge on any atom is -0.309 e. The molecule has 1 atom stereocenters. The van der Waals surface area contributed by atoms with E-state index >= 15 is 0 Å². The van der Waals surface area contributed by atoms with Crippen molar-refractivity contribution in [2.24, 2.45) is 0 Å². The summed E-state index contributed by atoms with van der Waals surface area (Å²) in [5, 5.41) is 2.22. The first-order valence-electron chi connectivity index (χ1n) is 5.79. The van der Waals surface area contributed by atoms with E-state index in [1.54, 1.807) is 7.05 Å². The highest BCUT2D eigenvalue weighted by molar-refractivity contribution is 9.10. The van der Waals surface area contributed by atoms with Gasteiger partial charge in [-0.05, 0) is 25.1 Å². The Morgan fingerprint density at radius 2 is 2.05 bits per heavy atom. The second-order valence-electron chi connectivity index (χ2n) is 4.27. The summed E-state index contributed by atoms with van der Waals surface area (Å²) in [6.07, 6.45) is -3.12. The van der Waals surface area contributed by atoms with Crippen LogP contribution in [0.2, 0.25) is 0 Å². The van der Waals surface area contributed by atoms with E-state index in [9.17, 15) is 13.2 Å². The minimum atomic E-state index is -4.40. The Kier molecular flexibility index (Phi) is 4.51. The van der Waals surface area contributed by atoms with Crippen LogP contribution in [0, 0.1) is 6.92 Å². The molecule has 0 saturated heterocycles. The quantitative estimate of drug-likeness (QED) is 0.864. The molecule has 2 aromatic rings. The Morgan fingerprint density at radius 3 is 2.60 bits per heavy atom. The van der Waals surface area contributed by atoms with Crippen molar-refractivity contribution in [3.05, 3.63) is 49.9 Å². The molecule has 0 fully saturated rings. The van der Waals surface area contributed by atoms with Gasteiger partial charge in [-0.3, -0.25) is 0 Å². The van der Waals surface area contributed by atoms with E-state index in [0.29, 0.717) is 16.2 Å². The van der Waals surface area contributed by atoms with Crippen molar-refractivity contribution in [2.75, 3.05) is 7.05 Å². The van der Waals surface area contributed by atoms with Crippen LogP contribution >= 0.6 is 27.3 Å². The Labute approximate surface area is 127 Å². The predicted octanol–water partition coefficient (Wildman–Crippen LogP) is 4.54. The first-order valence-corrected chi connectivity index (χ1v) is 7.40. The lowest BCUT2D eigenvalue weighted by molar-refractivity contribution is -0.137. The summed E-state index contributed by atoms with van der Waals surface area (Å²) >= 11 is 4.15. The summed E-state index contributed by atoms with van der Waals surface area (Å²) < 4.78 is 38.8. The van der Waals surface area contributed by atoms with Gasteiger partial charge in [0.1, 0.15) is 0 Å². The second kappa shape index (κ2) is 5.83. The molecule has 0 radical (unpaired) electrons. The standard InChI is InChI=1S/C13H12BrF3N2S/c1-7-4-3-5-8(10(7)14)11(18-2)9-6-19-12(20-9)13(15,16)17/h3-6,11,18H,1-2H3. The number of alkyl halides is 3. The molecule has 0 aliphatic heterocycles. The molecule has 20 heavy (non-hydrogen) atoms. The van der Waals surface area contributed by atoms with E-state index in [0.717, 1.165) is 15.6 Å². The fourth-order valence-corrected chi connectivity index (χ4v) is 3.30. The van der Waals surface area contributed by atoms with Crippen molar-refractivity contribution in [3.8, 4) is 0 Å². The molecule has 1 unspecified atom stereocenters. The molecule has 1 aromatic carbocycles. The van der Waals surface area contributed by atoms with Gasteiger partial charge in [-0.2, -0.15) is 13.2 Å². The van der Waals surface area contributed by atoms with Crippen LogP contribution in [0.25, 0.3) is 0 Å². The first-order chi connectivity index (χ1) is 9.34. The molecule has 1 N–H and O–H groups in total. The van der Waals surface area contributed by atoms with Crippen molar-refractivity contribution in [1.29, 1.82) is 0 Å². The lowest BCUT2D eigenvalue weighted by atomic mass is 10.0. The molecular weight excluding hydrogens is 353 g/mol. The topological polar surface area (TPSA) is 24.9 Å². The monoisotopic (exact) mass is 364 g/mol. The van der Waals surface area contributed by atoms with Crippen molar-refractivity contribution in [2.45, 2.75) is 19.1 Å². The summed E-state index contributed by atoms with van der Waals surface area (Å²) in [4.78, 5) is 4.01. The average molecular weight is 365 g/mol. The maximum Gasteiger partial charge on any atom is 0.443 e. The Hall–Kier alpha value is -0.920. The number of halogens is 4. The number of nitrogens with one attached hydrogen (secondary N) is 1. The van der Waals surface area contributed by atoms with E-state index < -0.39 is 11.2 Å². The van der Waals surface area contributed by atoms with E-state index in [1.165, 1.54) is 6.20 Å². The summed E-state index contributed by atoms with van der Waals surface area (Å²) in [5.41, 5.74) is 1.92. The summed E-state index contributed by atoms with van der Waals surface area (Å²) in [5.74, 6) is 0. The molecule has 7 heteroatoms. The van der Waals surface area contributed by atoms with Crippen LogP contribution in [0.4, 0.5) is 13.2 Å². The molecule has 0 aliphatic carbocycles. The number of aromatic nitrogens is 1. The molecule has 0 spiro atoms. The van der Waals surface area contributed by atoms with E-state index in [1.807, 2.05) is 25.1 Å². The molecule has 108 valence electrons. The molecule has 0 bridgehead atoms. The molecule has 0 saturated carbocycles. The van der Waals surface area contributed by atoms with Gasteiger partial charge >= 0.3 is 6.18 Å². The average Bonchev–Trinajstić information content (AvgIpc) is 2.85. The highest BCUT2D eigenvalue weighted by Crippen LogP contribution is 2.37. The number of nitrogens with zero attached hydrogens (tertiary/aromatic N) is 1. The number of thiazole rings is 1. The van der Waals surface area contributed by atoms with Gasteiger partial charge in [0.2, 0.25) is 0 Å². The molecule has 2 rings (SSSR count). The summed E-state index contributed by atoms with van der Waals surface area (Å²) in [6, 6.07) is 5.38. The molecular formula is C13H12BrF3N2S. The van der Waals surface area contributed by atoms with Gasteiger partial charge in [0.05, 0.1) is 6.04 Å². The first kappa shape index (κ1) is 15.5. The van der Waals surface area contributed by atoms with Crippen LogP contribution in [-0.2, 0) is 6.18 Å². The predicted molar refractivity (Wildman–Crippen MR) is 76.9 cm³/mol. The summed E-state index contributed by atoms with van der Waals surface area (Å²) in [6.45, 7) is 1.94. The van der Waals surface area contributed by atoms with E-state index in [2.05, 4.69) is 26.2 Å². The fraction of sp³-hybridized carbons (Fsp3) is 0.308. The Balaban J connectivity index is 2.43. The molecule has 2 nitrogen and oxygen atoms in total. The maximum atomic E-state index is 12.6. The third kappa shape index (κ3) is 3.05. The van der Waals surface area contributed by atoms with Crippen LogP contribution in [0.5, 0.6) is 0 Å². The van der Waals surface area contributed by atoms with Crippen LogP contribution in [0.15, 0.2) is 28.9 Å². The van der Waals surface area contributed by atoms with Gasteiger partial charge in [0.15, 0.2) is 5.01 Å². The van der Waals surface area contributed by atoms with Crippen LogP contribution < -0.4 is 5.32 Å². The summed E-state index contributed by atoms with van der Waals surface area (Å²) in [7, 11) is 1.71. The SMILES string of the molecule is CNC(c1cnc(C(F)(F)F)s1)c1cccc(C)c1Br. The fourth-order valence-electron chi connectivity index (χ4n) is 1.90. The van der Waals surface area contributed by atoms with Gasteiger partial charge in [-0.25, -0.2) is 4.98 Å². The van der Waals surface area contributed by atoms with Crippen molar-refractivity contribution in [3.63, 3.8) is 0 Å². The molecule has 1 heterocycles. The molecule has 0 amide bonds. The molecule has 1 aromatic heterocycles. The normalized spacial score (nSPS) is 13.5. The van der Waals surface area contributed by atoms with Crippen LogP contribution in [-0.4, -0.2) is 12.0 Å². The van der Waals surface area contributed by atoms with E-state index in [4.69, 9.17) is 0 Å². The lowest BCUT2D eigenvalue weighted by Crippen LogP contribution is -2.17. The highest BCUT2D eigenvalue weighted by atomic mass is 79.9. The Bertz CT molecular complexity index is 610. The number of hydrogen-bond donors (Lipinski definition) is 1. The second-order valence-corrected chi connectivity index (χ2v) is 6.12. The van der Waals surface area contributed by atoms with Crippen molar-refractivity contribution in [1.82, 2.24) is 10.3 Å². The highest BCUT2D eigenvalue weighted by Gasteiger charge is 2.35. The van der Waals surface area contributed by atoms with Gasteiger partial charge < -0.3 is 5.32 Å². The number of hydrogen-bond acceptors (Lipinski definition) is 3. The zero-order valence-corrected chi connectivity index (χ0v) is 13.2. The Morgan fingerprint density at radius 1 is 1.35 bits per heavy atom. The largest absolute Gasteiger partial charge is 0.443 e. The van der Waals surface area contributed by atoms with Gasteiger partial charge in [-0.15, -0.1) is 11.3 Å². The number of benzene rings is 1. The number of aryl methyl sites for hydroxylation is 1. The van der Waals surface area contributed by atoms with Crippen molar-refractivity contribution >= 4 is 27.3 Å². The van der Waals surface area contributed by atoms with Gasteiger partial charge in [-0.1, -0.05) is 34.1 Å². The third-order valence-corrected chi connectivity index (χ3v) is 5.06. The maximum absolute atomic E-state index is 12.6. The lowest BCUT2D eigenvalue weighted by Gasteiger charge is -2.17. The van der Waals surface area contributed by atoms with Gasteiger partial charge in [0, 0.05) is 15.5 Å².